The predicted octanol–water partition coefficient (Wildman–Crippen LogP) is -0.140. The molecule has 0 aromatic carbocycles. The van der Waals surface area contributed by atoms with E-state index in [-0.39, 0.29) is 11.8 Å². The molecule has 0 radical (unpaired) electrons. The molecule has 0 unspecified atom stereocenters. The molecule has 3 heteroatoms. The van der Waals surface area contributed by atoms with Crippen LogP contribution in [-0.4, -0.2) is 19.0 Å². The predicted molar refractivity (Wildman–Crippen MR) is 39.4 cm³/mol. The molecule has 0 bridgehead atoms. The van der Waals surface area contributed by atoms with Crippen LogP contribution in [0.1, 0.15) is 19.3 Å². The number of amides is 1. The Kier molecular flexibility index (Phi) is 2.27. The maximum atomic E-state index is 10.7. The van der Waals surface area contributed by atoms with Crippen molar-refractivity contribution in [3.8, 4) is 0 Å². The van der Waals surface area contributed by atoms with Gasteiger partial charge in [-0.05, 0) is 26.3 Å². The van der Waals surface area contributed by atoms with Crippen molar-refractivity contribution in [1.29, 1.82) is 0 Å². The van der Waals surface area contributed by atoms with Crippen molar-refractivity contribution in [2.75, 3.05) is 7.05 Å². The zero-order valence-electron chi connectivity index (χ0n) is 6.26. The van der Waals surface area contributed by atoms with Gasteiger partial charge in [0.25, 0.3) is 0 Å². The number of rotatable bonds is 2. The minimum absolute atomic E-state index is 0.123. The second kappa shape index (κ2) is 3.01. The van der Waals surface area contributed by atoms with Crippen molar-refractivity contribution in [3.63, 3.8) is 0 Å². The van der Waals surface area contributed by atoms with Crippen molar-refractivity contribution in [1.82, 2.24) is 5.32 Å². The highest BCUT2D eigenvalue weighted by Crippen LogP contribution is 2.24. The van der Waals surface area contributed by atoms with Crippen LogP contribution in [0.25, 0.3) is 0 Å². The lowest BCUT2D eigenvalue weighted by atomic mass is 10.1. The maximum absolute atomic E-state index is 10.7. The first kappa shape index (κ1) is 7.54. The Morgan fingerprint density at radius 3 is 2.60 bits per heavy atom. The lowest BCUT2D eigenvalue weighted by molar-refractivity contribution is -0.121. The topological polar surface area (TPSA) is 55.1 Å². The first-order valence-electron chi connectivity index (χ1n) is 3.70. The van der Waals surface area contributed by atoms with Gasteiger partial charge >= 0.3 is 0 Å². The molecule has 1 rings (SSSR count). The number of hydrogen-bond donors (Lipinski definition) is 2. The van der Waals surface area contributed by atoms with Gasteiger partial charge in [-0.1, -0.05) is 0 Å². The summed E-state index contributed by atoms with van der Waals surface area (Å²) in [6, 6.07) is 0.512. The molecule has 1 aliphatic rings. The standard InChI is InChI=1S/C7H14N2O/c1-9-6-3-2-5(4-6)7(8)10/h5-6,9H,2-4H2,1H3,(H2,8,10)/t5-,6-/m1/s1. The summed E-state index contributed by atoms with van der Waals surface area (Å²) in [5.41, 5.74) is 5.15. The molecule has 0 spiro atoms. The van der Waals surface area contributed by atoms with Crippen molar-refractivity contribution >= 4 is 5.91 Å². The second-order valence-electron chi connectivity index (χ2n) is 2.90. The first-order chi connectivity index (χ1) is 4.74. The van der Waals surface area contributed by atoms with Crippen molar-refractivity contribution in [3.05, 3.63) is 0 Å². The van der Waals surface area contributed by atoms with Crippen LogP contribution in [0.5, 0.6) is 0 Å². The Bertz CT molecular complexity index is 136. The molecule has 0 heterocycles. The summed E-state index contributed by atoms with van der Waals surface area (Å²) < 4.78 is 0. The van der Waals surface area contributed by atoms with Crippen LogP contribution < -0.4 is 11.1 Å². The molecule has 0 saturated heterocycles. The minimum Gasteiger partial charge on any atom is -0.369 e. The lowest BCUT2D eigenvalue weighted by Gasteiger charge is -2.06. The Balaban J connectivity index is 2.35. The number of primary amides is 1. The van der Waals surface area contributed by atoms with Gasteiger partial charge in [0.1, 0.15) is 0 Å². The third-order valence-corrected chi connectivity index (χ3v) is 2.24. The SMILES string of the molecule is CN[C@@H]1CC[C@@H](C(N)=O)C1. The Morgan fingerprint density at radius 2 is 2.30 bits per heavy atom. The molecule has 1 fully saturated rings. The van der Waals surface area contributed by atoms with Crippen molar-refractivity contribution < 1.29 is 4.79 Å². The molecule has 0 aromatic rings. The van der Waals surface area contributed by atoms with Gasteiger partial charge in [-0.2, -0.15) is 0 Å². The van der Waals surface area contributed by atoms with E-state index in [1.165, 1.54) is 0 Å². The number of hydrogen-bond acceptors (Lipinski definition) is 2. The number of carbonyl (C=O) groups is 1. The van der Waals surface area contributed by atoms with Gasteiger partial charge in [-0.25, -0.2) is 0 Å². The van der Waals surface area contributed by atoms with Crippen LogP contribution in [0.3, 0.4) is 0 Å². The highest BCUT2D eigenvalue weighted by atomic mass is 16.1. The van der Waals surface area contributed by atoms with E-state index in [1.807, 2.05) is 7.05 Å². The van der Waals surface area contributed by atoms with E-state index in [2.05, 4.69) is 5.32 Å². The Labute approximate surface area is 61.0 Å². The summed E-state index contributed by atoms with van der Waals surface area (Å²) in [4.78, 5) is 10.7. The van der Waals surface area contributed by atoms with E-state index >= 15 is 0 Å². The largest absolute Gasteiger partial charge is 0.369 e. The summed E-state index contributed by atoms with van der Waals surface area (Å²) in [5.74, 6) is -0.0183. The van der Waals surface area contributed by atoms with Gasteiger partial charge in [0, 0.05) is 12.0 Å². The van der Waals surface area contributed by atoms with Gasteiger partial charge < -0.3 is 11.1 Å². The Hall–Kier alpha value is -0.570. The van der Waals surface area contributed by atoms with E-state index < -0.39 is 0 Å². The first-order valence-corrected chi connectivity index (χ1v) is 3.70. The van der Waals surface area contributed by atoms with Crippen LogP contribution in [0.4, 0.5) is 0 Å². The van der Waals surface area contributed by atoms with Gasteiger partial charge in [0.15, 0.2) is 0 Å². The summed E-state index contributed by atoms with van der Waals surface area (Å²) in [5, 5.41) is 3.14. The average Bonchev–Trinajstić information content (AvgIpc) is 2.34. The van der Waals surface area contributed by atoms with Crippen LogP contribution in [-0.2, 0) is 4.79 Å². The number of nitrogens with two attached hydrogens (primary N) is 1. The Morgan fingerprint density at radius 1 is 1.60 bits per heavy atom. The van der Waals surface area contributed by atoms with Gasteiger partial charge in [0.05, 0.1) is 0 Å². The molecule has 0 aromatic heterocycles. The fraction of sp³-hybridized carbons (Fsp3) is 0.857. The van der Waals surface area contributed by atoms with E-state index in [1.54, 1.807) is 0 Å². The molecule has 1 amide bonds. The smallest absolute Gasteiger partial charge is 0.220 e. The van der Waals surface area contributed by atoms with Crippen LogP contribution >= 0.6 is 0 Å². The molecular weight excluding hydrogens is 128 g/mol. The van der Waals surface area contributed by atoms with Crippen molar-refractivity contribution in [2.24, 2.45) is 11.7 Å². The zero-order chi connectivity index (χ0) is 7.56. The summed E-state index contributed by atoms with van der Waals surface area (Å²) in [6.45, 7) is 0. The fourth-order valence-corrected chi connectivity index (χ4v) is 1.50. The molecule has 2 atom stereocenters. The van der Waals surface area contributed by atoms with Crippen LogP contribution in [0.15, 0.2) is 0 Å². The highest BCUT2D eigenvalue weighted by molar-refractivity contribution is 5.76. The lowest BCUT2D eigenvalue weighted by Crippen LogP contribution is -2.25. The highest BCUT2D eigenvalue weighted by Gasteiger charge is 2.26. The summed E-state index contributed by atoms with van der Waals surface area (Å²) >= 11 is 0. The summed E-state index contributed by atoms with van der Waals surface area (Å²) in [6.07, 6.45) is 2.97. The molecule has 10 heavy (non-hydrogen) atoms. The van der Waals surface area contributed by atoms with E-state index in [0.29, 0.717) is 6.04 Å². The van der Waals surface area contributed by atoms with E-state index in [0.717, 1.165) is 19.3 Å². The van der Waals surface area contributed by atoms with Crippen molar-refractivity contribution in [2.45, 2.75) is 25.3 Å². The monoisotopic (exact) mass is 142 g/mol. The molecular formula is C7H14N2O. The average molecular weight is 142 g/mol. The van der Waals surface area contributed by atoms with Gasteiger partial charge in [-0.15, -0.1) is 0 Å². The van der Waals surface area contributed by atoms with Gasteiger partial charge in [-0.3, -0.25) is 4.79 Å². The number of nitrogens with one attached hydrogen (secondary N) is 1. The molecule has 1 saturated carbocycles. The zero-order valence-corrected chi connectivity index (χ0v) is 6.26. The third kappa shape index (κ3) is 1.48. The third-order valence-electron chi connectivity index (χ3n) is 2.24. The maximum Gasteiger partial charge on any atom is 0.220 e. The normalized spacial score (nSPS) is 32.5. The van der Waals surface area contributed by atoms with E-state index in [9.17, 15) is 4.79 Å². The van der Waals surface area contributed by atoms with Crippen LogP contribution in [0.2, 0.25) is 0 Å². The molecule has 58 valence electrons. The molecule has 1 aliphatic carbocycles. The van der Waals surface area contributed by atoms with E-state index in [4.69, 9.17) is 5.73 Å². The molecule has 3 N–H and O–H groups in total. The molecule has 3 nitrogen and oxygen atoms in total. The van der Waals surface area contributed by atoms with Crippen LogP contribution in [0, 0.1) is 5.92 Å². The van der Waals surface area contributed by atoms with Gasteiger partial charge in [0.2, 0.25) is 5.91 Å². The quantitative estimate of drug-likeness (QED) is 0.564. The summed E-state index contributed by atoms with van der Waals surface area (Å²) in [7, 11) is 1.92. The minimum atomic E-state index is -0.141. The molecule has 0 aliphatic heterocycles. The fourth-order valence-electron chi connectivity index (χ4n) is 1.50. The second-order valence-corrected chi connectivity index (χ2v) is 2.90. The number of carbonyl (C=O) groups excluding carboxylic acids is 1.